The Morgan fingerprint density at radius 1 is 0.457 bits per heavy atom. The Kier molecular flexibility index (Phi) is 4.35. The summed E-state index contributed by atoms with van der Waals surface area (Å²) in [7, 11) is 0. The molecule has 0 atom stereocenters. The van der Waals surface area contributed by atoms with Gasteiger partial charge in [0.1, 0.15) is 0 Å². The van der Waals surface area contributed by atoms with E-state index in [1.807, 2.05) is 97.2 Å². The van der Waals surface area contributed by atoms with E-state index in [9.17, 15) is 0 Å². The molecule has 7 rings (SSSR count). The van der Waals surface area contributed by atoms with Crippen LogP contribution in [0.1, 0.15) is 0 Å². The third-order valence-corrected chi connectivity index (χ3v) is 6.08. The number of hydrogen-bond acceptors (Lipinski definition) is 5. The van der Waals surface area contributed by atoms with Crippen molar-refractivity contribution in [3.63, 3.8) is 0 Å². The first-order valence-corrected chi connectivity index (χ1v) is 11.4. The van der Waals surface area contributed by atoms with Crippen LogP contribution in [0.2, 0.25) is 0 Å². The third-order valence-electron chi connectivity index (χ3n) is 6.08. The zero-order chi connectivity index (χ0) is 23.2. The second kappa shape index (κ2) is 7.81. The van der Waals surface area contributed by atoms with Gasteiger partial charge in [-0.15, -0.1) is 0 Å². The molecule has 0 amide bonds. The molecule has 4 aromatic carbocycles. The molecule has 164 valence electrons. The van der Waals surface area contributed by atoms with E-state index in [0.29, 0.717) is 17.5 Å². The number of para-hydroxylation sites is 2. The standard InChI is InChI=1S/C29H18N6/c1-3-9-19(10-4-1)27-32-28(20-11-5-2-6-12-20)34-29(33-27)21-15-16-22-25(17-21)35-24-14-8-7-13-23(24)31-26(35)18-30-22/h1-18H. The predicted octanol–water partition coefficient (Wildman–Crippen LogP) is 6.22. The number of fused-ring (bicyclic) bond motifs is 5. The fourth-order valence-corrected chi connectivity index (χ4v) is 4.40. The molecule has 3 heterocycles. The van der Waals surface area contributed by atoms with Gasteiger partial charge in [0.25, 0.3) is 0 Å². The number of benzene rings is 4. The van der Waals surface area contributed by atoms with Crippen molar-refractivity contribution >= 4 is 27.7 Å². The predicted molar refractivity (Wildman–Crippen MR) is 138 cm³/mol. The third kappa shape index (κ3) is 3.31. The van der Waals surface area contributed by atoms with Crippen molar-refractivity contribution in [3.8, 4) is 34.2 Å². The van der Waals surface area contributed by atoms with Crippen LogP contribution in [0.15, 0.2) is 109 Å². The Morgan fingerprint density at radius 2 is 1.06 bits per heavy atom. The molecule has 0 saturated carbocycles. The molecule has 35 heavy (non-hydrogen) atoms. The fourth-order valence-electron chi connectivity index (χ4n) is 4.40. The molecule has 0 radical (unpaired) electrons. The monoisotopic (exact) mass is 450 g/mol. The van der Waals surface area contributed by atoms with E-state index in [4.69, 9.17) is 19.9 Å². The highest BCUT2D eigenvalue weighted by Crippen LogP contribution is 2.28. The lowest BCUT2D eigenvalue weighted by molar-refractivity contribution is 1.07. The molecular formula is C29H18N6. The van der Waals surface area contributed by atoms with Crippen LogP contribution in [0.25, 0.3) is 61.9 Å². The summed E-state index contributed by atoms with van der Waals surface area (Å²) in [4.78, 5) is 23.9. The van der Waals surface area contributed by atoms with Crippen LogP contribution in [0, 0.1) is 0 Å². The summed E-state index contributed by atoms with van der Waals surface area (Å²) in [5, 5.41) is 0. The van der Waals surface area contributed by atoms with Crippen molar-refractivity contribution < 1.29 is 0 Å². The Labute approximate surface area is 200 Å². The highest BCUT2D eigenvalue weighted by atomic mass is 15.0. The van der Waals surface area contributed by atoms with E-state index in [1.54, 1.807) is 0 Å². The van der Waals surface area contributed by atoms with Crippen molar-refractivity contribution in [1.29, 1.82) is 0 Å². The number of imidazole rings is 1. The fraction of sp³-hybridized carbons (Fsp3) is 0. The van der Waals surface area contributed by atoms with Gasteiger partial charge in [-0.05, 0) is 30.3 Å². The Morgan fingerprint density at radius 3 is 1.74 bits per heavy atom. The average molecular weight is 451 g/mol. The summed E-state index contributed by atoms with van der Waals surface area (Å²) in [6.45, 7) is 0. The van der Waals surface area contributed by atoms with Crippen LogP contribution >= 0.6 is 0 Å². The lowest BCUT2D eigenvalue weighted by atomic mass is 10.1. The van der Waals surface area contributed by atoms with Crippen LogP contribution in [0.5, 0.6) is 0 Å². The number of nitrogens with zero attached hydrogens (tertiary/aromatic N) is 6. The molecule has 7 aromatic rings. The van der Waals surface area contributed by atoms with E-state index in [0.717, 1.165) is 44.4 Å². The maximum absolute atomic E-state index is 4.87. The van der Waals surface area contributed by atoms with Gasteiger partial charge in [-0.3, -0.25) is 9.38 Å². The van der Waals surface area contributed by atoms with Crippen LogP contribution in [-0.2, 0) is 0 Å². The van der Waals surface area contributed by atoms with Crippen molar-refractivity contribution in [3.05, 3.63) is 109 Å². The molecular weight excluding hydrogens is 432 g/mol. The van der Waals surface area contributed by atoms with E-state index in [2.05, 4.69) is 21.5 Å². The Hall–Kier alpha value is -4.97. The van der Waals surface area contributed by atoms with Gasteiger partial charge in [0.05, 0.1) is 28.3 Å². The normalized spacial score (nSPS) is 11.4. The summed E-state index contributed by atoms with van der Waals surface area (Å²) in [5.41, 5.74) is 7.39. The van der Waals surface area contributed by atoms with Crippen molar-refractivity contribution in [1.82, 2.24) is 29.3 Å². The molecule has 0 unspecified atom stereocenters. The SMILES string of the molecule is c1ccc(-c2nc(-c3ccccc3)nc(-c3ccc4ncc5nc6ccccc6n5c4c3)n2)cc1. The lowest BCUT2D eigenvalue weighted by Gasteiger charge is -2.09. The zero-order valence-corrected chi connectivity index (χ0v) is 18.6. The molecule has 0 N–H and O–H groups in total. The van der Waals surface area contributed by atoms with E-state index < -0.39 is 0 Å². The summed E-state index contributed by atoms with van der Waals surface area (Å²) < 4.78 is 2.14. The van der Waals surface area contributed by atoms with Gasteiger partial charge in [0.2, 0.25) is 0 Å². The Bertz CT molecular complexity index is 1780. The summed E-state index contributed by atoms with van der Waals surface area (Å²) in [5.74, 6) is 1.89. The Balaban J connectivity index is 1.49. The maximum atomic E-state index is 4.87. The van der Waals surface area contributed by atoms with Gasteiger partial charge in [-0.2, -0.15) is 0 Å². The lowest BCUT2D eigenvalue weighted by Crippen LogP contribution is -2.00. The summed E-state index contributed by atoms with van der Waals surface area (Å²) in [6, 6.07) is 34.2. The number of rotatable bonds is 3. The van der Waals surface area contributed by atoms with Gasteiger partial charge >= 0.3 is 0 Å². The molecule has 0 aliphatic heterocycles. The summed E-state index contributed by atoms with van der Waals surface area (Å²) >= 11 is 0. The second-order valence-electron chi connectivity index (χ2n) is 8.29. The molecule has 6 nitrogen and oxygen atoms in total. The van der Waals surface area contributed by atoms with Crippen LogP contribution in [0.4, 0.5) is 0 Å². The summed E-state index contributed by atoms with van der Waals surface area (Å²) in [6.07, 6.45) is 1.81. The van der Waals surface area contributed by atoms with Gasteiger partial charge in [-0.25, -0.2) is 19.9 Å². The van der Waals surface area contributed by atoms with Crippen LogP contribution in [0.3, 0.4) is 0 Å². The molecule has 0 aliphatic carbocycles. The smallest absolute Gasteiger partial charge is 0.164 e. The van der Waals surface area contributed by atoms with Gasteiger partial charge in [-0.1, -0.05) is 72.8 Å². The van der Waals surface area contributed by atoms with Crippen LogP contribution < -0.4 is 0 Å². The van der Waals surface area contributed by atoms with Crippen molar-refractivity contribution in [2.45, 2.75) is 0 Å². The minimum absolute atomic E-state index is 0.612. The van der Waals surface area contributed by atoms with E-state index >= 15 is 0 Å². The first-order valence-electron chi connectivity index (χ1n) is 11.4. The molecule has 6 heteroatoms. The van der Waals surface area contributed by atoms with Crippen LogP contribution in [-0.4, -0.2) is 29.3 Å². The molecule has 0 fully saturated rings. The topological polar surface area (TPSA) is 68.9 Å². The largest absolute Gasteiger partial charge is 0.289 e. The average Bonchev–Trinajstić information content (AvgIpc) is 3.33. The highest BCUT2D eigenvalue weighted by Gasteiger charge is 2.14. The van der Waals surface area contributed by atoms with Gasteiger partial charge < -0.3 is 0 Å². The highest BCUT2D eigenvalue weighted by molar-refractivity contribution is 5.90. The van der Waals surface area contributed by atoms with E-state index in [-0.39, 0.29) is 0 Å². The molecule has 0 bridgehead atoms. The molecule has 0 spiro atoms. The van der Waals surface area contributed by atoms with Crippen molar-refractivity contribution in [2.24, 2.45) is 0 Å². The zero-order valence-electron chi connectivity index (χ0n) is 18.6. The van der Waals surface area contributed by atoms with Crippen molar-refractivity contribution in [2.75, 3.05) is 0 Å². The van der Waals surface area contributed by atoms with Gasteiger partial charge in [0, 0.05) is 16.7 Å². The minimum Gasteiger partial charge on any atom is -0.289 e. The van der Waals surface area contributed by atoms with E-state index in [1.165, 1.54) is 0 Å². The first-order chi connectivity index (χ1) is 17.3. The molecule has 3 aromatic heterocycles. The van der Waals surface area contributed by atoms with Gasteiger partial charge in [0.15, 0.2) is 23.1 Å². The maximum Gasteiger partial charge on any atom is 0.164 e. The second-order valence-corrected chi connectivity index (χ2v) is 8.29. The minimum atomic E-state index is 0.612. The first kappa shape index (κ1) is 19.5. The number of aromatic nitrogens is 6. The molecule has 0 saturated heterocycles. The molecule has 0 aliphatic rings. The quantitative estimate of drug-likeness (QED) is 0.320. The number of hydrogen-bond donors (Lipinski definition) is 0.